The highest BCUT2D eigenvalue weighted by Gasteiger charge is 2.29. The van der Waals surface area contributed by atoms with Crippen LogP contribution < -0.4 is 15.4 Å². The molecule has 7 heteroatoms. The molecule has 1 fully saturated rings. The molecule has 0 saturated carbocycles. The Balaban J connectivity index is 1.39. The number of para-hydroxylation sites is 1. The molecule has 0 radical (unpaired) electrons. The van der Waals surface area contributed by atoms with E-state index in [4.69, 9.17) is 4.74 Å². The summed E-state index contributed by atoms with van der Waals surface area (Å²) in [6, 6.07) is 15.9. The van der Waals surface area contributed by atoms with Gasteiger partial charge in [0.05, 0.1) is 24.1 Å². The smallest absolute Gasteiger partial charge is 0.238 e. The second kappa shape index (κ2) is 10.2. The number of hydrogen-bond acceptors (Lipinski definition) is 5. The molecule has 2 atom stereocenters. The van der Waals surface area contributed by atoms with Gasteiger partial charge in [-0.15, -0.1) is 11.8 Å². The topological polar surface area (TPSA) is 70.7 Å². The van der Waals surface area contributed by atoms with Crippen molar-refractivity contribution < 1.29 is 14.3 Å². The lowest BCUT2D eigenvalue weighted by molar-refractivity contribution is -0.124. The summed E-state index contributed by atoms with van der Waals surface area (Å²) in [5.74, 6) is 0.620. The number of fused-ring (bicyclic) bond motifs is 1. The molecule has 2 amide bonds. The molecule has 2 aliphatic heterocycles. The fourth-order valence-corrected chi connectivity index (χ4v) is 5.30. The zero-order valence-corrected chi connectivity index (χ0v) is 18.6. The molecule has 1 saturated heterocycles. The Kier molecular flexibility index (Phi) is 7.14. The molecule has 2 aliphatic rings. The van der Waals surface area contributed by atoms with Crippen LogP contribution in [0, 0.1) is 0 Å². The Morgan fingerprint density at radius 2 is 1.90 bits per heavy atom. The van der Waals surface area contributed by atoms with Crippen LogP contribution in [0.3, 0.4) is 0 Å². The molecule has 0 unspecified atom stereocenters. The molecule has 0 aliphatic carbocycles. The van der Waals surface area contributed by atoms with E-state index in [1.165, 1.54) is 36.6 Å². The molecule has 0 aromatic heterocycles. The summed E-state index contributed by atoms with van der Waals surface area (Å²) in [5.41, 5.74) is 1.99. The number of nitrogens with zero attached hydrogens (tertiary/aromatic N) is 1. The maximum Gasteiger partial charge on any atom is 0.238 e. The van der Waals surface area contributed by atoms with E-state index in [1.54, 1.807) is 7.11 Å². The van der Waals surface area contributed by atoms with Crippen molar-refractivity contribution in [2.45, 2.75) is 41.9 Å². The summed E-state index contributed by atoms with van der Waals surface area (Å²) in [6.45, 7) is 2.59. The van der Waals surface area contributed by atoms with Gasteiger partial charge in [-0.05, 0) is 55.8 Å². The number of rotatable bonds is 7. The van der Waals surface area contributed by atoms with Crippen LogP contribution in [-0.4, -0.2) is 48.7 Å². The van der Waals surface area contributed by atoms with Gasteiger partial charge in [0.1, 0.15) is 5.75 Å². The number of piperidine rings is 1. The number of hydrogen-bond donors (Lipinski definition) is 2. The van der Waals surface area contributed by atoms with Gasteiger partial charge >= 0.3 is 0 Å². The van der Waals surface area contributed by atoms with Crippen molar-refractivity contribution in [1.82, 2.24) is 10.2 Å². The summed E-state index contributed by atoms with van der Waals surface area (Å²) < 4.78 is 5.29. The Hall–Kier alpha value is -2.51. The molecule has 6 nitrogen and oxygen atoms in total. The number of anilines is 1. The van der Waals surface area contributed by atoms with Gasteiger partial charge in [-0.25, -0.2) is 0 Å². The number of benzene rings is 2. The third-order valence-corrected chi connectivity index (χ3v) is 7.18. The van der Waals surface area contributed by atoms with E-state index in [-0.39, 0.29) is 24.3 Å². The van der Waals surface area contributed by atoms with Crippen LogP contribution >= 0.6 is 11.8 Å². The Morgan fingerprint density at radius 3 is 2.65 bits per heavy atom. The molecular weight excluding hydrogens is 410 g/mol. The van der Waals surface area contributed by atoms with Crippen molar-refractivity contribution >= 4 is 29.3 Å². The number of likely N-dealkylation sites (tertiary alicyclic amines) is 1. The van der Waals surface area contributed by atoms with Crippen LogP contribution in [-0.2, 0) is 9.59 Å². The average molecular weight is 440 g/mol. The lowest BCUT2D eigenvalue weighted by atomic mass is 10.0. The maximum atomic E-state index is 12.7. The first kappa shape index (κ1) is 21.7. The summed E-state index contributed by atoms with van der Waals surface area (Å²) in [6.07, 6.45) is 3.78. The van der Waals surface area contributed by atoms with Crippen molar-refractivity contribution in [3.8, 4) is 5.75 Å². The zero-order chi connectivity index (χ0) is 21.6. The van der Waals surface area contributed by atoms with Crippen molar-refractivity contribution in [2.24, 2.45) is 0 Å². The van der Waals surface area contributed by atoms with Gasteiger partial charge in [0.15, 0.2) is 0 Å². The Morgan fingerprint density at radius 1 is 1.16 bits per heavy atom. The van der Waals surface area contributed by atoms with Crippen LogP contribution in [0.2, 0.25) is 0 Å². The van der Waals surface area contributed by atoms with E-state index in [2.05, 4.69) is 27.7 Å². The van der Waals surface area contributed by atoms with Crippen LogP contribution in [0.15, 0.2) is 53.4 Å². The Bertz CT molecular complexity index is 913. The van der Waals surface area contributed by atoms with Crippen molar-refractivity contribution in [1.29, 1.82) is 0 Å². The van der Waals surface area contributed by atoms with Gasteiger partial charge in [-0.1, -0.05) is 30.7 Å². The molecule has 2 N–H and O–H groups in total. The predicted molar refractivity (Wildman–Crippen MR) is 124 cm³/mol. The van der Waals surface area contributed by atoms with Crippen molar-refractivity contribution in [2.75, 3.05) is 32.1 Å². The average Bonchev–Trinajstić information content (AvgIpc) is 2.81. The Labute approximate surface area is 187 Å². The minimum absolute atomic E-state index is 0.0949. The van der Waals surface area contributed by atoms with Gasteiger partial charge in [0, 0.05) is 17.9 Å². The first-order valence-corrected chi connectivity index (χ1v) is 11.7. The molecule has 164 valence electrons. The highest BCUT2D eigenvalue weighted by atomic mass is 32.2. The van der Waals surface area contributed by atoms with E-state index in [1.807, 2.05) is 36.4 Å². The predicted octanol–water partition coefficient (Wildman–Crippen LogP) is 3.84. The lowest BCUT2D eigenvalue weighted by Gasteiger charge is -2.35. The van der Waals surface area contributed by atoms with Crippen molar-refractivity contribution in [3.63, 3.8) is 0 Å². The second-order valence-corrected chi connectivity index (χ2v) is 9.23. The number of carbonyl (C=O) groups excluding carboxylic acids is 2. The van der Waals surface area contributed by atoms with Crippen LogP contribution in [0.25, 0.3) is 0 Å². The number of ether oxygens (including phenoxy) is 1. The third kappa shape index (κ3) is 5.40. The van der Waals surface area contributed by atoms with E-state index in [9.17, 15) is 9.59 Å². The number of carbonyl (C=O) groups is 2. The highest BCUT2D eigenvalue weighted by Crippen LogP contribution is 2.36. The number of methoxy groups -OCH3 is 1. The van der Waals surface area contributed by atoms with Crippen LogP contribution in [0.5, 0.6) is 5.75 Å². The molecule has 0 spiro atoms. The molecule has 0 bridgehead atoms. The summed E-state index contributed by atoms with van der Waals surface area (Å²) in [7, 11) is 1.66. The number of thioether (sulfide) groups is 1. The van der Waals surface area contributed by atoms with E-state index < -0.39 is 5.25 Å². The standard InChI is InChI=1S/C24H29N3O3S/c1-30-18-11-9-17(10-12-18)20(27-13-5-2-6-14-27)16-25-23(28)15-22-24(29)26-19-7-3-4-8-21(19)31-22/h3-4,7-12,20,22H,2,5-6,13-16H2,1H3,(H,25,28)(H,26,29)/t20-,22-/m0/s1. The van der Waals surface area contributed by atoms with Gasteiger partial charge in [0.2, 0.25) is 11.8 Å². The fraction of sp³-hybridized carbons (Fsp3) is 0.417. The van der Waals surface area contributed by atoms with Crippen LogP contribution in [0.4, 0.5) is 5.69 Å². The van der Waals surface area contributed by atoms with Gasteiger partial charge in [-0.3, -0.25) is 14.5 Å². The number of nitrogens with one attached hydrogen (secondary N) is 2. The largest absolute Gasteiger partial charge is 0.497 e. The number of amides is 2. The minimum atomic E-state index is -0.413. The SMILES string of the molecule is COc1ccc([C@H](CNC(=O)C[C@@H]2Sc3ccccc3NC2=O)N2CCCCC2)cc1. The fourth-order valence-electron chi connectivity index (χ4n) is 4.19. The molecule has 2 aromatic rings. The normalized spacial score (nSPS) is 19.8. The third-order valence-electron chi connectivity index (χ3n) is 5.90. The first-order chi connectivity index (χ1) is 15.1. The summed E-state index contributed by atoms with van der Waals surface area (Å²) >= 11 is 1.46. The van der Waals surface area contributed by atoms with Gasteiger partial charge in [0.25, 0.3) is 0 Å². The molecule has 4 rings (SSSR count). The van der Waals surface area contributed by atoms with Crippen molar-refractivity contribution in [3.05, 3.63) is 54.1 Å². The minimum Gasteiger partial charge on any atom is -0.497 e. The van der Waals surface area contributed by atoms with Crippen LogP contribution in [0.1, 0.15) is 37.3 Å². The van der Waals surface area contributed by atoms with Gasteiger partial charge in [-0.2, -0.15) is 0 Å². The highest BCUT2D eigenvalue weighted by molar-refractivity contribution is 8.01. The zero-order valence-electron chi connectivity index (χ0n) is 17.8. The van der Waals surface area contributed by atoms with E-state index >= 15 is 0 Å². The quantitative estimate of drug-likeness (QED) is 0.686. The van der Waals surface area contributed by atoms with E-state index in [0.717, 1.165) is 29.4 Å². The molecule has 2 heterocycles. The van der Waals surface area contributed by atoms with Gasteiger partial charge < -0.3 is 15.4 Å². The molecule has 2 aromatic carbocycles. The monoisotopic (exact) mass is 439 g/mol. The molecule has 31 heavy (non-hydrogen) atoms. The second-order valence-electron chi connectivity index (χ2n) is 7.99. The van der Waals surface area contributed by atoms with E-state index in [0.29, 0.717) is 6.54 Å². The lowest BCUT2D eigenvalue weighted by Crippen LogP contribution is -2.42. The summed E-state index contributed by atoms with van der Waals surface area (Å²) in [4.78, 5) is 28.6. The first-order valence-electron chi connectivity index (χ1n) is 10.9. The maximum absolute atomic E-state index is 12.7. The summed E-state index contributed by atoms with van der Waals surface area (Å²) in [5, 5.41) is 5.59. The molecular formula is C24H29N3O3S.